The highest BCUT2D eigenvalue weighted by molar-refractivity contribution is 6.09. The van der Waals surface area contributed by atoms with E-state index < -0.39 is 22.3 Å². The molecule has 7 nitrogen and oxygen atoms in total. The van der Waals surface area contributed by atoms with E-state index in [4.69, 9.17) is 0 Å². The van der Waals surface area contributed by atoms with E-state index in [-0.39, 0.29) is 11.1 Å². The minimum atomic E-state index is -0.742. The molecule has 0 aliphatic heterocycles. The molecule has 0 spiro atoms. The molecule has 0 bridgehead atoms. The van der Waals surface area contributed by atoms with E-state index in [0.29, 0.717) is 5.69 Å². The number of nitrogens with one attached hydrogen (secondary N) is 1. The number of benzene rings is 2. The number of aryl methyl sites for hydroxylation is 2. The van der Waals surface area contributed by atoms with Gasteiger partial charge in [0.25, 0.3) is 5.91 Å². The molecule has 2 aromatic rings. The van der Waals surface area contributed by atoms with Gasteiger partial charge in [0.1, 0.15) is 11.6 Å². The average molecular weight is 337 g/mol. The maximum atomic E-state index is 12.2. The molecule has 0 atom stereocenters. The number of nitrogens with zero attached hydrogens (tertiary/aromatic N) is 2. The topological polar surface area (TPSA) is 116 Å². The van der Waals surface area contributed by atoms with Crippen LogP contribution in [0.2, 0.25) is 0 Å². The van der Waals surface area contributed by atoms with Crippen LogP contribution in [0.15, 0.2) is 42.0 Å². The van der Waals surface area contributed by atoms with Crippen LogP contribution in [0.25, 0.3) is 6.08 Å². The Labute approximate surface area is 144 Å². The quantitative estimate of drug-likeness (QED) is 0.383. The van der Waals surface area contributed by atoms with Gasteiger partial charge in [0.05, 0.1) is 4.92 Å². The van der Waals surface area contributed by atoms with E-state index in [9.17, 15) is 25.3 Å². The Bertz CT molecular complexity index is 926. The summed E-state index contributed by atoms with van der Waals surface area (Å²) in [5.41, 5.74) is 2.17. The van der Waals surface area contributed by atoms with Gasteiger partial charge in [-0.05, 0) is 54.8 Å². The monoisotopic (exact) mass is 337 g/mol. The summed E-state index contributed by atoms with van der Waals surface area (Å²) >= 11 is 0. The maximum absolute atomic E-state index is 12.2. The summed E-state index contributed by atoms with van der Waals surface area (Å²) in [7, 11) is 0. The number of phenols is 1. The molecule has 126 valence electrons. The number of hydrogen-bond acceptors (Lipinski definition) is 5. The third-order valence-corrected chi connectivity index (χ3v) is 3.64. The number of carbonyl (C=O) groups excluding carboxylic acids is 1. The lowest BCUT2D eigenvalue weighted by atomic mass is 10.1. The third-order valence-electron chi connectivity index (χ3n) is 3.64. The SMILES string of the molecule is Cc1ccc(NC(=O)/C(C#N)=C\c2ccc(O)c([N+](=O)[O-])c2)cc1C. The van der Waals surface area contributed by atoms with E-state index in [0.717, 1.165) is 23.3 Å². The van der Waals surface area contributed by atoms with Crippen molar-refractivity contribution >= 4 is 23.4 Å². The summed E-state index contributed by atoms with van der Waals surface area (Å²) in [6.07, 6.45) is 1.23. The van der Waals surface area contributed by atoms with Gasteiger partial charge in [0.15, 0.2) is 5.75 Å². The van der Waals surface area contributed by atoms with Crippen molar-refractivity contribution in [2.75, 3.05) is 5.32 Å². The van der Waals surface area contributed by atoms with Crippen molar-refractivity contribution in [1.82, 2.24) is 0 Å². The first-order chi connectivity index (χ1) is 11.8. The maximum Gasteiger partial charge on any atom is 0.311 e. The molecule has 0 aromatic heterocycles. The zero-order valence-corrected chi connectivity index (χ0v) is 13.6. The molecule has 0 aliphatic rings. The van der Waals surface area contributed by atoms with Crippen molar-refractivity contribution in [3.63, 3.8) is 0 Å². The van der Waals surface area contributed by atoms with E-state index in [1.54, 1.807) is 18.2 Å². The number of nitro groups is 1. The molecular formula is C18H15N3O4. The number of aromatic hydroxyl groups is 1. The number of carbonyl (C=O) groups is 1. The zero-order chi connectivity index (χ0) is 18.6. The van der Waals surface area contributed by atoms with E-state index in [1.165, 1.54) is 12.1 Å². The lowest BCUT2D eigenvalue weighted by Crippen LogP contribution is -2.13. The van der Waals surface area contributed by atoms with Crippen molar-refractivity contribution in [3.05, 3.63) is 68.8 Å². The van der Waals surface area contributed by atoms with Crippen LogP contribution in [0.3, 0.4) is 0 Å². The van der Waals surface area contributed by atoms with Crippen molar-refractivity contribution < 1.29 is 14.8 Å². The third kappa shape index (κ3) is 4.20. The Morgan fingerprint density at radius 1 is 1.24 bits per heavy atom. The van der Waals surface area contributed by atoms with Gasteiger partial charge in [-0.25, -0.2) is 0 Å². The van der Waals surface area contributed by atoms with Gasteiger partial charge < -0.3 is 10.4 Å². The van der Waals surface area contributed by atoms with Crippen LogP contribution in [0, 0.1) is 35.3 Å². The Morgan fingerprint density at radius 3 is 2.56 bits per heavy atom. The number of amides is 1. The summed E-state index contributed by atoms with van der Waals surface area (Å²) in [4.78, 5) is 22.3. The molecule has 2 N–H and O–H groups in total. The molecule has 0 heterocycles. The molecule has 0 unspecified atom stereocenters. The molecule has 0 saturated heterocycles. The van der Waals surface area contributed by atoms with Crippen LogP contribution in [0.5, 0.6) is 5.75 Å². The fraction of sp³-hybridized carbons (Fsp3) is 0.111. The number of hydrogen-bond donors (Lipinski definition) is 2. The highest BCUT2D eigenvalue weighted by Crippen LogP contribution is 2.27. The molecule has 0 fully saturated rings. The fourth-order valence-corrected chi connectivity index (χ4v) is 2.11. The van der Waals surface area contributed by atoms with Gasteiger partial charge in [-0.2, -0.15) is 5.26 Å². The van der Waals surface area contributed by atoms with Gasteiger partial charge in [0, 0.05) is 11.8 Å². The number of rotatable bonds is 4. The smallest absolute Gasteiger partial charge is 0.311 e. The second kappa shape index (κ2) is 7.27. The van der Waals surface area contributed by atoms with Gasteiger partial charge in [0.2, 0.25) is 0 Å². The molecule has 2 rings (SSSR count). The largest absolute Gasteiger partial charge is 0.502 e. The lowest BCUT2D eigenvalue weighted by molar-refractivity contribution is -0.385. The van der Waals surface area contributed by atoms with Crippen molar-refractivity contribution in [1.29, 1.82) is 5.26 Å². The molecule has 7 heteroatoms. The first kappa shape index (κ1) is 17.7. The highest BCUT2D eigenvalue weighted by atomic mass is 16.6. The average Bonchev–Trinajstić information content (AvgIpc) is 2.57. The lowest BCUT2D eigenvalue weighted by Gasteiger charge is -2.07. The predicted octanol–water partition coefficient (Wildman–Crippen LogP) is 3.46. The molecular weight excluding hydrogens is 322 g/mol. The standard InChI is InChI=1S/C18H15N3O4/c1-11-3-5-15(7-12(11)2)20-18(23)14(10-19)8-13-4-6-17(22)16(9-13)21(24)25/h3-9,22H,1-2H3,(H,20,23)/b14-8-. The van der Waals surface area contributed by atoms with Gasteiger partial charge in [-0.3, -0.25) is 14.9 Å². The number of phenolic OH excluding ortho intramolecular Hbond substituents is 1. The summed E-state index contributed by atoms with van der Waals surface area (Å²) in [6, 6.07) is 10.7. The van der Waals surface area contributed by atoms with Crippen LogP contribution in [-0.4, -0.2) is 15.9 Å². The van der Waals surface area contributed by atoms with Gasteiger partial charge in [-0.1, -0.05) is 12.1 Å². The van der Waals surface area contributed by atoms with Crippen LogP contribution >= 0.6 is 0 Å². The predicted molar refractivity (Wildman–Crippen MR) is 92.9 cm³/mol. The molecule has 25 heavy (non-hydrogen) atoms. The molecule has 0 aliphatic carbocycles. The normalized spacial score (nSPS) is 10.8. The van der Waals surface area contributed by atoms with Crippen LogP contribution in [0.1, 0.15) is 16.7 Å². The number of anilines is 1. The van der Waals surface area contributed by atoms with E-state index in [1.807, 2.05) is 19.9 Å². The van der Waals surface area contributed by atoms with Crippen LogP contribution < -0.4 is 5.32 Å². The van der Waals surface area contributed by atoms with Gasteiger partial charge in [-0.15, -0.1) is 0 Å². The Morgan fingerprint density at radius 2 is 1.96 bits per heavy atom. The van der Waals surface area contributed by atoms with E-state index in [2.05, 4.69) is 5.32 Å². The minimum Gasteiger partial charge on any atom is -0.502 e. The van der Waals surface area contributed by atoms with E-state index >= 15 is 0 Å². The number of nitriles is 1. The molecule has 0 radical (unpaired) electrons. The Hall–Kier alpha value is -3.66. The van der Waals surface area contributed by atoms with Gasteiger partial charge >= 0.3 is 5.69 Å². The Kier molecular flexibility index (Phi) is 5.15. The summed E-state index contributed by atoms with van der Waals surface area (Å²) in [5.74, 6) is -1.11. The molecule has 0 saturated carbocycles. The van der Waals surface area contributed by atoms with Crippen LogP contribution in [0.4, 0.5) is 11.4 Å². The highest BCUT2D eigenvalue weighted by Gasteiger charge is 2.15. The second-order valence-electron chi connectivity index (χ2n) is 5.43. The summed E-state index contributed by atoms with van der Waals surface area (Å²) < 4.78 is 0. The second-order valence-corrected chi connectivity index (χ2v) is 5.43. The molecule has 2 aromatic carbocycles. The van der Waals surface area contributed by atoms with Crippen molar-refractivity contribution in [3.8, 4) is 11.8 Å². The van der Waals surface area contributed by atoms with Crippen molar-refractivity contribution in [2.45, 2.75) is 13.8 Å². The summed E-state index contributed by atoms with van der Waals surface area (Å²) in [6.45, 7) is 3.85. The number of nitro benzene ring substituents is 1. The molecule has 1 amide bonds. The zero-order valence-electron chi connectivity index (χ0n) is 13.6. The fourth-order valence-electron chi connectivity index (χ4n) is 2.11. The summed E-state index contributed by atoms with van der Waals surface area (Å²) in [5, 5.41) is 32.1. The first-order valence-electron chi connectivity index (χ1n) is 7.29. The first-order valence-corrected chi connectivity index (χ1v) is 7.29. The van der Waals surface area contributed by atoms with Crippen LogP contribution in [-0.2, 0) is 4.79 Å². The Balaban J connectivity index is 2.29. The van der Waals surface area contributed by atoms with Crippen molar-refractivity contribution in [2.24, 2.45) is 0 Å². The minimum absolute atomic E-state index is 0.210.